The van der Waals surface area contributed by atoms with Crippen LogP contribution in [0.25, 0.3) is 0 Å². The molecule has 12 heteroatoms. The fraction of sp³-hybridized carbons (Fsp3) is 0.353. The van der Waals surface area contributed by atoms with E-state index in [1.165, 1.54) is 49.5 Å². The van der Waals surface area contributed by atoms with E-state index in [0.717, 1.165) is 6.07 Å². The maximum Gasteiger partial charge on any atom is 0.338 e. The Kier molecular flexibility index (Phi) is 7.72. The summed E-state index contributed by atoms with van der Waals surface area (Å²) in [6, 6.07) is 3.77. The second-order valence-electron chi connectivity index (χ2n) is 5.70. The molecule has 29 heavy (non-hydrogen) atoms. The van der Waals surface area contributed by atoms with Crippen molar-refractivity contribution in [3.63, 3.8) is 0 Å². The molecule has 0 atom stereocenters. The zero-order valence-electron chi connectivity index (χ0n) is 16.2. The van der Waals surface area contributed by atoms with Crippen LogP contribution < -0.4 is 4.90 Å². The Morgan fingerprint density at radius 1 is 1.31 bits per heavy atom. The predicted octanol–water partition coefficient (Wildman–Crippen LogP) is 2.71. The minimum Gasteiger partial charge on any atom is -0.456 e. The number of esters is 1. The van der Waals surface area contributed by atoms with Crippen molar-refractivity contribution in [2.24, 2.45) is 0 Å². The molecule has 1 aromatic carbocycles. The molecule has 0 bridgehead atoms. The summed E-state index contributed by atoms with van der Waals surface area (Å²) < 4.78 is 30.7. The topological polar surface area (TPSA) is 106 Å². The number of ether oxygens (including phenoxy) is 1. The average molecular weight is 462 g/mol. The third-order valence-corrected chi connectivity index (χ3v) is 6.93. The van der Waals surface area contributed by atoms with Crippen molar-refractivity contribution in [3.05, 3.63) is 39.9 Å². The molecular formula is C17H20ClN3O6S2. The van der Waals surface area contributed by atoms with Crippen LogP contribution in [0.1, 0.15) is 29.9 Å². The second-order valence-corrected chi connectivity index (χ2v) is 8.85. The minimum absolute atomic E-state index is 0.00634. The zero-order chi connectivity index (χ0) is 21.8. The Balaban J connectivity index is 2.16. The van der Waals surface area contributed by atoms with E-state index >= 15 is 0 Å². The number of benzene rings is 1. The molecule has 9 nitrogen and oxygen atoms in total. The molecule has 0 saturated carbocycles. The molecule has 158 valence electrons. The first-order valence-electron chi connectivity index (χ1n) is 8.34. The number of carbonyl (C=O) groups excluding carboxylic acids is 2. The predicted molar refractivity (Wildman–Crippen MR) is 108 cm³/mol. The van der Waals surface area contributed by atoms with E-state index in [-0.39, 0.29) is 28.0 Å². The summed E-state index contributed by atoms with van der Waals surface area (Å²) in [5, 5.41) is 2.13. The largest absolute Gasteiger partial charge is 0.456 e. The third kappa shape index (κ3) is 5.31. The normalized spacial score (nSPS) is 11.5. The van der Waals surface area contributed by atoms with Crippen LogP contribution in [0.4, 0.5) is 5.13 Å². The molecule has 0 fully saturated rings. The fourth-order valence-corrected chi connectivity index (χ4v) is 4.66. The van der Waals surface area contributed by atoms with Crippen LogP contribution in [0.2, 0.25) is 5.02 Å². The first kappa shape index (κ1) is 23.2. The molecule has 1 aromatic heterocycles. The highest BCUT2D eigenvalue weighted by Gasteiger charge is 2.25. The summed E-state index contributed by atoms with van der Waals surface area (Å²) in [6.07, 6.45) is 0. The number of nitrogens with zero attached hydrogens (tertiary/aromatic N) is 3. The quantitative estimate of drug-likeness (QED) is 0.439. The van der Waals surface area contributed by atoms with Crippen LogP contribution in [0.5, 0.6) is 0 Å². The molecule has 0 aliphatic rings. The molecule has 2 rings (SSSR count). The number of sulfonamides is 1. The molecule has 0 saturated heterocycles. The lowest BCUT2D eigenvalue weighted by molar-refractivity contribution is -0.116. The van der Waals surface area contributed by atoms with Gasteiger partial charge in [-0.25, -0.2) is 18.2 Å². The highest BCUT2D eigenvalue weighted by atomic mass is 35.5. The summed E-state index contributed by atoms with van der Waals surface area (Å²) in [5.41, 5.74) is 0.478. The molecule has 0 radical (unpaired) electrons. The van der Waals surface area contributed by atoms with Gasteiger partial charge in [0.05, 0.1) is 23.4 Å². The Bertz CT molecular complexity index is 1010. The smallest absolute Gasteiger partial charge is 0.338 e. The lowest BCUT2D eigenvalue weighted by Crippen LogP contribution is -2.27. The number of amides is 1. The molecule has 1 heterocycles. The van der Waals surface area contributed by atoms with Crippen molar-refractivity contribution in [3.8, 4) is 0 Å². The minimum atomic E-state index is -4.04. The number of hydrogen-bond donors (Lipinski definition) is 0. The van der Waals surface area contributed by atoms with Crippen LogP contribution >= 0.6 is 22.9 Å². The Morgan fingerprint density at radius 2 is 2.00 bits per heavy atom. The van der Waals surface area contributed by atoms with Crippen molar-refractivity contribution >= 4 is 50.0 Å². The van der Waals surface area contributed by atoms with Gasteiger partial charge in [-0.2, -0.15) is 0 Å². The lowest BCUT2D eigenvalue weighted by Gasteiger charge is -2.15. The van der Waals surface area contributed by atoms with E-state index in [0.29, 0.717) is 21.8 Å². The van der Waals surface area contributed by atoms with Crippen LogP contribution in [0, 0.1) is 0 Å². The maximum atomic E-state index is 12.4. The van der Waals surface area contributed by atoms with E-state index in [9.17, 15) is 18.0 Å². The van der Waals surface area contributed by atoms with Gasteiger partial charge in [-0.15, -0.1) is 11.3 Å². The van der Waals surface area contributed by atoms with Gasteiger partial charge in [-0.3, -0.25) is 14.5 Å². The number of halogens is 1. The lowest BCUT2D eigenvalue weighted by atomic mass is 10.2. The highest BCUT2D eigenvalue weighted by molar-refractivity contribution is 7.89. The summed E-state index contributed by atoms with van der Waals surface area (Å²) in [5.74, 6) is -0.882. The number of hydrogen-bond acceptors (Lipinski definition) is 8. The number of aromatic nitrogens is 1. The number of carbonyl (C=O) groups is 2. The molecule has 0 spiro atoms. The number of hydroxylamine groups is 1. The molecule has 0 aliphatic heterocycles. The third-order valence-electron chi connectivity index (χ3n) is 3.86. The van der Waals surface area contributed by atoms with Gasteiger partial charge in [0.1, 0.15) is 11.5 Å². The van der Waals surface area contributed by atoms with Crippen LogP contribution in [0.15, 0.2) is 28.5 Å². The van der Waals surface area contributed by atoms with Crippen molar-refractivity contribution in [2.45, 2.75) is 25.3 Å². The Hall–Kier alpha value is -2.05. The van der Waals surface area contributed by atoms with Gasteiger partial charge < -0.3 is 4.74 Å². The first-order valence-corrected chi connectivity index (χ1v) is 11.0. The van der Waals surface area contributed by atoms with Gasteiger partial charge >= 0.3 is 5.97 Å². The summed E-state index contributed by atoms with van der Waals surface area (Å²) >= 11 is 7.23. The van der Waals surface area contributed by atoms with E-state index in [1.54, 1.807) is 5.38 Å². The Morgan fingerprint density at radius 3 is 2.59 bits per heavy atom. The SMILES string of the molecule is CCN(C(C)=O)c1nc(COC(=O)c2ccc(Cl)c(S(=O)(=O)N(C)OC)c2)cs1. The van der Waals surface area contributed by atoms with Crippen molar-refractivity contribution < 1.29 is 27.6 Å². The summed E-state index contributed by atoms with van der Waals surface area (Å²) in [7, 11) is -1.64. The monoisotopic (exact) mass is 461 g/mol. The van der Waals surface area contributed by atoms with Crippen LogP contribution in [-0.4, -0.2) is 50.4 Å². The summed E-state index contributed by atoms with van der Waals surface area (Å²) in [6.45, 7) is 3.61. The van der Waals surface area contributed by atoms with Crippen molar-refractivity contribution in [1.82, 2.24) is 9.45 Å². The van der Waals surface area contributed by atoms with Crippen molar-refractivity contribution in [2.75, 3.05) is 25.6 Å². The standard InChI is InChI=1S/C17H20ClN3O6S2/c1-5-21(11(2)22)17-19-13(10-28-17)9-27-16(23)12-6-7-14(18)15(8-12)29(24,25)20(3)26-4/h6-8,10H,5,9H2,1-4H3. The van der Waals surface area contributed by atoms with E-state index < -0.39 is 16.0 Å². The van der Waals surface area contributed by atoms with Gasteiger partial charge in [0, 0.05) is 25.9 Å². The number of anilines is 1. The zero-order valence-corrected chi connectivity index (χ0v) is 18.6. The molecule has 0 N–H and O–H groups in total. The molecule has 0 aliphatic carbocycles. The molecular weight excluding hydrogens is 442 g/mol. The van der Waals surface area contributed by atoms with Gasteiger partial charge in [0.15, 0.2) is 5.13 Å². The van der Waals surface area contributed by atoms with E-state index in [4.69, 9.17) is 21.2 Å². The van der Waals surface area contributed by atoms with Crippen molar-refractivity contribution in [1.29, 1.82) is 0 Å². The first-order chi connectivity index (χ1) is 13.6. The maximum absolute atomic E-state index is 12.4. The number of rotatable bonds is 8. The molecule has 2 aromatic rings. The van der Waals surface area contributed by atoms with Gasteiger partial charge in [0.25, 0.3) is 10.0 Å². The van der Waals surface area contributed by atoms with Gasteiger partial charge in [0.2, 0.25) is 5.91 Å². The summed E-state index contributed by atoms with van der Waals surface area (Å²) in [4.78, 5) is 34.1. The van der Waals surface area contributed by atoms with E-state index in [2.05, 4.69) is 4.98 Å². The van der Waals surface area contributed by atoms with Crippen LogP contribution in [-0.2, 0) is 31.0 Å². The Labute approximate surface area is 177 Å². The van der Waals surface area contributed by atoms with Gasteiger partial charge in [-0.1, -0.05) is 16.1 Å². The number of thiazole rings is 1. The van der Waals surface area contributed by atoms with Gasteiger partial charge in [-0.05, 0) is 25.1 Å². The second kappa shape index (κ2) is 9.63. The average Bonchev–Trinajstić information content (AvgIpc) is 3.14. The van der Waals surface area contributed by atoms with E-state index in [1.807, 2.05) is 6.92 Å². The fourth-order valence-electron chi connectivity index (χ4n) is 2.27. The molecule has 1 amide bonds. The molecule has 0 unspecified atom stereocenters. The van der Waals surface area contributed by atoms with Crippen LogP contribution in [0.3, 0.4) is 0 Å². The highest BCUT2D eigenvalue weighted by Crippen LogP contribution is 2.26.